The van der Waals surface area contributed by atoms with Crippen LogP contribution in [0.3, 0.4) is 0 Å². The number of hydrogen-bond donors (Lipinski definition) is 1. The van der Waals surface area contributed by atoms with Gasteiger partial charge < -0.3 is 10.5 Å². The number of rotatable bonds is 4. The average Bonchev–Trinajstić information content (AvgIpc) is 2.43. The van der Waals surface area contributed by atoms with Crippen LogP contribution in [-0.2, 0) is 6.42 Å². The van der Waals surface area contributed by atoms with Gasteiger partial charge in [0.25, 0.3) is 0 Å². The molecule has 0 amide bonds. The minimum atomic E-state index is -0.624. The third-order valence-corrected chi connectivity index (χ3v) is 2.92. The molecular weight excluding hydrogens is 264 g/mol. The van der Waals surface area contributed by atoms with Crippen molar-refractivity contribution in [2.75, 3.05) is 12.8 Å². The van der Waals surface area contributed by atoms with E-state index >= 15 is 0 Å². The minimum Gasteiger partial charge on any atom is -0.497 e. The van der Waals surface area contributed by atoms with Crippen molar-refractivity contribution in [3.05, 3.63) is 59.2 Å². The van der Waals surface area contributed by atoms with Gasteiger partial charge in [-0.25, -0.2) is 8.78 Å². The number of ether oxygens (including phenoxy) is 1. The molecule has 5 heteroatoms. The second-order valence-corrected chi connectivity index (χ2v) is 4.29. The fourth-order valence-electron chi connectivity index (χ4n) is 1.85. The number of nitrogen functional groups attached to an aromatic ring is 1. The molecule has 0 saturated heterocycles. The van der Waals surface area contributed by atoms with Gasteiger partial charge in [-0.2, -0.15) is 0 Å². The van der Waals surface area contributed by atoms with Crippen molar-refractivity contribution in [3.63, 3.8) is 0 Å². The Balaban J connectivity index is 2.30. The molecule has 2 aromatic carbocycles. The zero-order valence-corrected chi connectivity index (χ0v) is 10.8. The van der Waals surface area contributed by atoms with Gasteiger partial charge in [-0.05, 0) is 42.0 Å². The van der Waals surface area contributed by atoms with E-state index in [9.17, 15) is 13.6 Å². The standard InChI is InChI=1S/C15H13F2NO2/c1-20-11-3-5-14(18)12(8-11)15(19)7-9-6-10(16)2-4-13(9)17/h2-6,8H,7,18H2,1H3. The molecule has 0 radical (unpaired) electrons. The molecule has 0 aromatic heterocycles. The van der Waals surface area contributed by atoms with Crippen molar-refractivity contribution < 1.29 is 18.3 Å². The SMILES string of the molecule is COc1ccc(N)c(C(=O)Cc2cc(F)ccc2F)c1. The minimum absolute atomic E-state index is 0.00257. The fraction of sp³-hybridized carbons (Fsp3) is 0.133. The highest BCUT2D eigenvalue weighted by molar-refractivity contribution is 6.02. The Hall–Kier alpha value is -2.43. The van der Waals surface area contributed by atoms with Crippen LogP contribution in [0.1, 0.15) is 15.9 Å². The predicted molar refractivity (Wildman–Crippen MR) is 71.8 cm³/mol. The van der Waals surface area contributed by atoms with Crippen molar-refractivity contribution in [1.82, 2.24) is 0 Å². The Morgan fingerprint density at radius 3 is 2.65 bits per heavy atom. The van der Waals surface area contributed by atoms with Gasteiger partial charge in [0.1, 0.15) is 17.4 Å². The van der Waals surface area contributed by atoms with E-state index in [1.165, 1.54) is 19.2 Å². The molecule has 104 valence electrons. The lowest BCUT2D eigenvalue weighted by atomic mass is 10.0. The van der Waals surface area contributed by atoms with Gasteiger partial charge in [0.05, 0.1) is 7.11 Å². The molecular formula is C15H13F2NO2. The van der Waals surface area contributed by atoms with Crippen LogP contribution in [0, 0.1) is 11.6 Å². The molecule has 0 aliphatic rings. The van der Waals surface area contributed by atoms with E-state index in [1.54, 1.807) is 6.07 Å². The highest BCUT2D eigenvalue weighted by Gasteiger charge is 2.14. The van der Waals surface area contributed by atoms with Gasteiger partial charge in [0.15, 0.2) is 5.78 Å². The summed E-state index contributed by atoms with van der Waals surface area (Å²) in [7, 11) is 1.46. The zero-order chi connectivity index (χ0) is 14.7. The van der Waals surface area contributed by atoms with Gasteiger partial charge in [-0.3, -0.25) is 4.79 Å². The van der Waals surface area contributed by atoms with Gasteiger partial charge >= 0.3 is 0 Å². The van der Waals surface area contributed by atoms with Gasteiger partial charge in [0.2, 0.25) is 0 Å². The summed E-state index contributed by atoms with van der Waals surface area (Å²) in [4.78, 5) is 12.1. The summed E-state index contributed by atoms with van der Waals surface area (Å²) in [5, 5.41) is 0. The Morgan fingerprint density at radius 2 is 1.95 bits per heavy atom. The Kier molecular flexibility index (Phi) is 3.98. The van der Waals surface area contributed by atoms with Crippen molar-refractivity contribution in [1.29, 1.82) is 0 Å². The smallest absolute Gasteiger partial charge is 0.169 e. The molecule has 0 bridgehead atoms. The maximum absolute atomic E-state index is 13.5. The number of benzene rings is 2. The zero-order valence-electron chi connectivity index (χ0n) is 10.8. The molecule has 2 rings (SSSR count). The van der Waals surface area contributed by atoms with E-state index in [1.807, 2.05) is 0 Å². The molecule has 0 aliphatic carbocycles. The first-order valence-corrected chi connectivity index (χ1v) is 5.92. The fourth-order valence-corrected chi connectivity index (χ4v) is 1.85. The van der Waals surface area contributed by atoms with Crippen LogP contribution in [-0.4, -0.2) is 12.9 Å². The second-order valence-electron chi connectivity index (χ2n) is 4.29. The van der Waals surface area contributed by atoms with E-state index in [2.05, 4.69) is 0 Å². The highest BCUT2D eigenvalue weighted by atomic mass is 19.1. The maximum Gasteiger partial charge on any atom is 0.169 e. The predicted octanol–water partition coefficient (Wildman–Crippen LogP) is 2.98. The normalized spacial score (nSPS) is 10.3. The molecule has 0 heterocycles. The highest BCUT2D eigenvalue weighted by Crippen LogP contribution is 2.22. The summed E-state index contributed by atoms with van der Waals surface area (Å²) in [5.41, 5.74) is 6.22. The van der Waals surface area contributed by atoms with Gasteiger partial charge in [0, 0.05) is 17.7 Å². The van der Waals surface area contributed by atoms with E-state index < -0.39 is 17.4 Å². The van der Waals surface area contributed by atoms with Crippen LogP contribution in [0.4, 0.5) is 14.5 Å². The van der Waals surface area contributed by atoms with Crippen LogP contribution < -0.4 is 10.5 Å². The van der Waals surface area contributed by atoms with Crippen LogP contribution in [0.5, 0.6) is 5.75 Å². The molecule has 0 spiro atoms. The topological polar surface area (TPSA) is 52.3 Å². The van der Waals surface area contributed by atoms with Crippen molar-refractivity contribution >= 4 is 11.5 Å². The first kappa shape index (κ1) is 14.0. The number of halogens is 2. The van der Waals surface area contributed by atoms with E-state index in [4.69, 9.17) is 10.5 Å². The number of methoxy groups -OCH3 is 1. The summed E-state index contributed by atoms with van der Waals surface area (Å²) in [6, 6.07) is 7.64. The van der Waals surface area contributed by atoms with Gasteiger partial charge in [-0.1, -0.05) is 0 Å². The van der Waals surface area contributed by atoms with Crippen LogP contribution in [0.15, 0.2) is 36.4 Å². The lowest BCUT2D eigenvalue weighted by molar-refractivity contribution is 0.0992. The number of anilines is 1. The number of carbonyl (C=O) groups excluding carboxylic acids is 1. The quantitative estimate of drug-likeness (QED) is 0.690. The molecule has 3 nitrogen and oxygen atoms in total. The number of ketones is 1. The summed E-state index contributed by atoms with van der Waals surface area (Å²) < 4.78 is 31.6. The maximum atomic E-state index is 13.5. The summed E-state index contributed by atoms with van der Waals surface area (Å²) in [6.45, 7) is 0. The second kappa shape index (κ2) is 5.69. The van der Waals surface area contributed by atoms with E-state index in [-0.39, 0.29) is 23.2 Å². The van der Waals surface area contributed by atoms with Crippen molar-refractivity contribution in [2.45, 2.75) is 6.42 Å². The molecule has 0 saturated carbocycles. The molecule has 2 N–H and O–H groups in total. The Bertz CT molecular complexity index is 656. The molecule has 0 atom stereocenters. The molecule has 2 aromatic rings. The van der Waals surface area contributed by atoms with E-state index in [0.717, 1.165) is 18.2 Å². The molecule has 20 heavy (non-hydrogen) atoms. The summed E-state index contributed by atoms with van der Waals surface area (Å²) >= 11 is 0. The number of nitrogens with two attached hydrogens (primary N) is 1. The molecule has 0 fully saturated rings. The first-order valence-electron chi connectivity index (χ1n) is 5.92. The molecule has 0 unspecified atom stereocenters. The van der Waals surface area contributed by atoms with Crippen LogP contribution in [0.25, 0.3) is 0 Å². The third-order valence-electron chi connectivity index (χ3n) is 2.92. The van der Waals surface area contributed by atoms with Crippen LogP contribution in [0.2, 0.25) is 0 Å². The van der Waals surface area contributed by atoms with Crippen molar-refractivity contribution in [3.8, 4) is 5.75 Å². The Labute approximate surface area is 115 Å². The number of hydrogen-bond acceptors (Lipinski definition) is 3. The number of Topliss-reactive ketones (excluding diaryl/α,β-unsaturated/α-hetero) is 1. The Morgan fingerprint density at radius 1 is 1.20 bits per heavy atom. The monoisotopic (exact) mass is 277 g/mol. The largest absolute Gasteiger partial charge is 0.497 e. The third kappa shape index (κ3) is 2.93. The summed E-state index contributed by atoms with van der Waals surface area (Å²) in [5.74, 6) is -1.14. The van der Waals surface area contributed by atoms with Gasteiger partial charge in [-0.15, -0.1) is 0 Å². The van der Waals surface area contributed by atoms with E-state index in [0.29, 0.717) is 5.75 Å². The summed E-state index contributed by atoms with van der Waals surface area (Å²) in [6.07, 6.45) is -0.263. The van der Waals surface area contributed by atoms with Crippen molar-refractivity contribution in [2.24, 2.45) is 0 Å². The van der Waals surface area contributed by atoms with Crippen LogP contribution >= 0.6 is 0 Å². The lowest BCUT2D eigenvalue weighted by Gasteiger charge is -2.08. The lowest BCUT2D eigenvalue weighted by Crippen LogP contribution is -2.09. The average molecular weight is 277 g/mol. The number of carbonyl (C=O) groups is 1. The first-order chi connectivity index (χ1) is 9.51. The molecule has 0 aliphatic heterocycles.